The van der Waals surface area contributed by atoms with Gasteiger partial charge in [0.15, 0.2) is 5.78 Å². The van der Waals surface area contributed by atoms with E-state index in [-0.39, 0.29) is 11.7 Å². The Balaban J connectivity index is 2.97. The van der Waals surface area contributed by atoms with E-state index in [1.54, 1.807) is 12.1 Å². The molecule has 0 spiro atoms. The molecule has 0 aliphatic heterocycles. The maximum Gasteiger partial charge on any atom is 0.166 e. The second-order valence-electron chi connectivity index (χ2n) is 3.57. The van der Waals surface area contributed by atoms with Crippen molar-refractivity contribution in [2.24, 2.45) is 11.7 Å². The summed E-state index contributed by atoms with van der Waals surface area (Å²) in [6.45, 7) is 4.09. The van der Waals surface area contributed by atoms with Gasteiger partial charge in [0.05, 0.1) is 0 Å². The fourth-order valence-corrected chi connectivity index (χ4v) is 1.22. The van der Waals surface area contributed by atoms with E-state index in [2.05, 4.69) is 0 Å². The number of nitrogens with two attached hydrogens (primary N) is 2. The Hall–Kier alpha value is -1.35. The first-order valence-corrected chi connectivity index (χ1v) is 4.66. The van der Waals surface area contributed by atoms with Crippen molar-refractivity contribution in [2.75, 3.05) is 12.3 Å². The van der Waals surface area contributed by atoms with Gasteiger partial charge in [-0.05, 0) is 30.7 Å². The van der Waals surface area contributed by atoms with Crippen LogP contribution < -0.4 is 11.5 Å². The Bertz CT molecular complexity index is 347. The third kappa shape index (κ3) is 2.12. The van der Waals surface area contributed by atoms with Crippen LogP contribution in [0.1, 0.15) is 22.8 Å². The highest BCUT2D eigenvalue weighted by atomic mass is 16.1. The summed E-state index contributed by atoms with van der Waals surface area (Å²) in [5, 5.41) is 0. The lowest BCUT2D eigenvalue weighted by Gasteiger charge is -2.08. The number of carbonyl (C=O) groups is 1. The minimum Gasteiger partial charge on any atom is -0.399 e. The Morgan fingerprint density at radius 2 is 2.14 bits per heavy atom. The topological polar surface area (TPSA) is 69.1 Å². The SMILES string of the molecule is Cc1cc(C(=O)C(C)CN)ccc1N. The molecule has 1 rings (SSSR count). The molecule has 1 atom stereocenters. The molecule has 0 heterocycles. The number of rotatable bonds is 3. The molecule has 1 aromatic carbocycles. The summed E-state index contributed by atoms with van der Waals surface area (Å²) >= 11 is 0. The highest BCUT2D eigenvalue weighted by molar-refractivity contribution is 5.98. The van der Waals surface area contributed by atoms with E-state index in [0.29, 0.717) is 17.8 Å². The van der Waals surface area contributed by atoms with Crippen molar-refractivity contribution < 1.29 is 4.79 Å². The zero-order valence-corrected chi connectivity index (χ0v) is 8.58. The highest BCUT2D eigenvalue weighted by Gasteiger charge is 2.13. The lowest BCUT2D eigenvalue weighted by molar-refractivity contribution is 0.0934. The van der Waals surface area contributed by atoms with E-state index in [1.165, 1.54) is 0 Å². The molecule has 1 aromatic rings. The first kappa shape index (κ1) is 10.7. The zero-order chi connectivity index (χ0) is 10.7. The van der Waals surface area contributed by atoms with Gasteiger partial charge < -0.3 is 11.5 Å². The second-order valence-corrected chi connectivity index (χ2v) is 3.57. The van der Waals surface area contributed by atoms with Crippen molar-refractivity contribution >= 4 is 11.5 Å². The smallest absolute Gasteiger partial charge is 0.166 e. The third-order valence-electron chi connectivity index (χ3n) is 2.36. The van der Waals surface area contributed by atoms with Gasteiger partial charge in [0.25, 0.3) is 0 Å². The molecule has 4 N–H and O–H groups in total. The normalized spacial score (nSPS) is 12.5. The van der Waals surface area contributed by atoms with Gasteiger partial charge in [0.2, 0.25) is 0 Å². The number of hydrogen-bond acceptors (Lipinski definition) is 3. The summed E-state index contributed by atoms with van der Waals surface area (Å²) in [5.74, 6) is -0.0476. The average Bonchev–Trinajstić information content (AvgIpc) is 2.20. The van der Waals surface area contributed by atoms with Gasteiger partial charge in [0.1, 0.15) is 0 Å². The minimum atomic E-state index is -0.127. The number of ketones is 1. The first-order chi connectivity index (χ1) is 6.56. The summed E-state index contributed by atoms with van der Waals surface area (Å²) in [7, 11) is 0. The standard InChI is InChI=1S/C11H16N2O/c1-7-5-9(3-4-10(7)13)11(14)8(2)6-12/h3-5,8H,6,12-13H2,1-2H3. The van der Waals surface area contributed by atoms with Crippen LogP contribution in [0, 0.1) is 12.8 Å². The zero-order valence-electron chi connectivity index (χ0n) is 8.58. The van der Waals surface area contributed by atoms with Gasteiger partial charge >= 0.3 is 0 Å². The predicted molar refractivity (Wildman–Crippen MR) is 58.1 cm³/mol. The van der Waals surface area contributed by atoms with Gasteiger partial charge in [-0.2, -0.15) is 0 Å². The van der Waals surface area contributed by atoms with E-state index in [1.807, 2.05) is 19.9 Å². The number of hydrogen-bond donors (Lipinski definition) is 2. The summed E-state index contributed by atoms with van der Waals surface area (Å²) in [6, 6.07) is 5.31. The molecule has 0 radical (unpaired) electrons. The largest absolute Gasteiger partial charge is 0.399 e. The fraction of sp³-hybridized carbons (Fsp3) is 0.364. The molecule has 0 amide bonds. The molecular weight excluding hydrogens is 176 g/mol. The van der Waals surface area contributed by atoms with Crippen LogP contribution in [0.3, 0.4) is 0 Å². The monoisotopic (exact) mass is 192 g/mol. The van der Waals surface area contributed by atoms with Crippen molar-refractivity contribution in [1.29, 1.82) is 0 Å². The predicted octanol–water partition coefficient (Wildman–Crippen LogP) is 1.35. The quantitative estimate of drug-likeness (QED) is 0.561. The lowest BCUT2D eigenvalue weighted by atomic mass is 9.98. The molecule has 1 unspecified atom stereocenters. The van der Waals surface area contributed by atoms with Crippen LogP contribution in [-0.2, 0) is 0 Å². The van der Waals surface area contributed by atoms with Crippen LogP contribution in [0.4, 0.5) is 5.69 Å². The molecule has 3 nitrogen and oxygen atoms in total. The molecule has 0 aromatic heterocycles. The number of Topliss-reactive ketones (excluding diaryl/α,β-unsaturated/α-hetero) is 1. The minimum absolute atomic E-state index is 0.0793. The maximum atomic E-state index is 11.7. The van der Waals surface area contributed by atoms with Gasteiger partial charge in [-0.25, -0.2) is 0 Å². The van der Waals surface area contributed by atoms with Crippen LogP contribution in [0.15, 0.2) is 18.2 Å². The van der Waals surface area contributed by atoms with Crippen molar-refractivity contribution in [1.82, 2.24) is 0 Å². The van der Waals surface area contributed by atoms with Crippen molar-refractivity contribution in [3.8, 4) is 0 Å². The summed E-state index contributed by atoms with van der Waals surface area (Å²) in [5.41, 5.74) is 13.4. The molecular formula is C11H16N2O. The van der Waals surface area contributed by atoms with Crippen LogP contribution in [0.25, 0.3) is 0 Å². The number of carbonyl (C=O) groups excluding carboxylic acids is 1. The molecule has 14 heavy (non-hydrogen) atoms. The Morgan fingerprint density at radius 1 is 1.50 bits per heavy atom. The van der Waals surface area contributed by atoms with Crippen molar-refractivity contribution in [3.63, 3.8) is 0 Å². The lowest BCUT2D eigenvalue weighted by Crippen LogP contribution is -2.20. The van der Waals surface area contributed by atoms with Gasteiger partial charge in [-0.1, -0.05) is 6.92 Å². The molecule has 0 fully saturated rings. The van der Waals surface area contributed by atoms with E-state index >= 15 is 0 Å². The second kappa shape index (κ2) is 4.24. The summed E-state index contributed by atoms with van der Waals surface area (Å²) < 4.78 is 0. The summed E-state index contributed by atoms with van der Waals surface area (Å²) in [6.07, 6.45) is 0. The molecule has 3 heteroatoms. The Morgan fingerprint density at radius 3 is 2.64 bits per heavy atom. The fourth-order valence-electron chi connectivity index (χ4n) is 1.22. The van der Waals surface area contributed by atoms with Crippen LogP contribution in [-0.4, -0.2) is 12.3 Å². The molecule has 0 aliphatic carbocycles. The number of aryl methyl sites for hydroxylation is 1. The molecule has 0 aliphatic rings. The Kier molecular flexibility index (Phi) is 3.25. The third-order valence-corrected chi connectivity index (χ3v) is 2.36. The van der Waals surface area contributed by atoms with E-state index in [4.69, 9.17) is 11.5 Å². The van der Waals surface area contributed by atoms with E-state index in [0.717, 1.165) is 5.56 Å². The van der Waals surface area contributed by atoms with E-state index in [9.17, 15) is 4.79 Å². The van der Waals surface area contributed by atoms with Crippen LogP contribution in [0.2, 0.25) is 0 Å². The maximum absolute atomic E-state index is 11.7. The van der Waals surface area contributed by atoms with Crippen LogP contribution in [0.5, 0.6) is 0 Å². The van der Waals surface area contributed by atoms with Gasteiger partial charge in [0, 0.05) is 23.7 Å². The van der Waals surface area contributed by atoms with E-state index < -0.39 is 0 Å². The Labute approximate surface area is 84.1 Å². The van der Waals surface area contributed by atoms with Crippen molar-refractivity contribution in [2.45, 2.75) is 13.8 Å². The summed E-state index contributed by atoms with van der Waals surface area (Å²) in [4.78, 5) is 11.7. The van der Waals surface area contributed by atoms with Gasteiger partial charge in [-0.15, -0.1) is 0 Å². The molecule has 76 valence electrons. The number of anilines is 1. The molecule has 0 bridgehead atoms. The average molecular weight is 192 g/mol. The van der Waals surface area contributed by atoms with Crippen LogP contribution >= 0.6 is 0 Å². The van der Waals surface area contributed by atoms with Crippen molar-refractivity contribution in [3.05, 3.63) is 29.3 Å². The van der Waals surface area contributed by atoms with Gasteiger partial charge in [-0.3, -0.25) is 4.79 Å². The number of nitrogen functional groups attached to an aromatic ring is 1. The molecule has 0 saturated carbocycles. The first-order valence-electron chi connectivity index (χ1n) is 4.66. The number of benzene rings is 1. The highest BCUT2D eigenvalue weighted by Crippen LogP contribution is 2.15. The molecule has 0 saturated heterocycles.